The third-order valence-electron chi connectivity index (χ3n) is 5.81. The number of benzene rings is 3. The average Bonchev–Trinajstić information content (AvgIpc) is 2.82. The van der Waals surface area contributed by atoms with Gasteiger partial charge in [-0.2, -0.15) is 0 Å². The second kappa shape index (κ2) is 10.5. The van der Waals surface area contributed by atoms with Gasteiger partial charge in [0.25, 0.3) is 0 Å². The molecule has 2 nitrogen and oxygen atoms in total. The first-order valence-electron chi connectivity index (χ1n) is 11.2. The molecule has 1 aliphatic rings. The fraction of sp³-hybridized carbons (Fsp3) is 0.333. The van der Waals surface area contributed by atoms with Gasteiger partial charge in [0, 0.05) is 23.3 Å². The van der Waals surface area contributed by atoms with Crippen LogP contribution in [0.15, 0.2) is 36.4 Å². The van der Waals surface area contributed by atoms with E-state index < -0.39 is 40.9 Å². The standard InChI is InChI=1S/C27H23F5O2/c1-2-3-18-14-33-25(34-15-18)9-6-17-11-22(28)21(23(29)12-17)8-5-16-4-7-20-19(10-16)13-24(30)27(32)26(20)31/h4,7,10-13,18,25H,2-3,6,9,14-15H2,1H3. The lowest BCUT2D eigenvalue weighted by molar-refractivity contribution is -0.203. The third kappa shape index (κ3) is 5.40. The quantitative estimate of drug-likeness (QED) is 0.234. The second-order valence-electron chi connectivity index (χ2n) is 8.40. The van der Waals surface area contributed by atoms with Crippen molar-refractivity contribution in [1.82, 2.24) is 0 Å². The zero-order valence-electron chi connectivity index (χ0n) is 18.6. The first kappa shape index (κ1) is 24.2. The molecule has 1 heterocycles. The first-order chi connectivity index (χ1) is 16.4. The van der Waals surface area contributed by atoms with Crippen molar-refractivity contribution in [3.63, 3.8) is 0 Å². The van der Waals surface area contributed by atoms with Crippen molar-refractivity contribution >= 4 is 10.8 Å². The summed E-state index contributed by atoms with van der Waals surface area (Å²) in [6.45, 7) is 3.35. The van der Waals surface area contributed by atoms with Crippen molar-refractivity contribution in [2.24, 2.45) is 5.92 Å². The van der Waals surface area contributed by atoms with E-state index in [1.165, 1.54) is 30.3 Å². The van der Waals surface area contributed by atoms with Gasteiger partial charge in [-0.25, -0.2) is 22.0 Å². The maximum absolute atomic E-state index is 14.6. The van der Waals surface area contributed by atoms with Crippen LogP contribution in [-0.2, 0) is 15.9 Å². The average molecular weight is 474 g/mol. The largest absolute Gasteiger partial charge is 0.352 e. The molecule has 0 bridgehead atoms. The lowest BCUT2D eigenvalue weighted by atomic mass is 10.0. The van der Waals surface area contributed by atoms with Gasteiger partial charge in [0.05, 0.1) is 18.8 Å². The van der Waals surface area contributed by atoms with E-state index in [1.807, 2.05) is 0 Å². The number of fused-ring (bicyclic) bond motifs is 1. The number of halogens is 5. The molecule has 0 unspecified atom stereocenters. The van der Waals surface area contributed by atoms with E-state index >= 15 is 0 Å². The molecule has 0 spiro atoms. The summed E-state index contributed by atoms with van der Waals surface area (Å²) in [7, 11) is 0. The summed E-state index contributed by atoms with van der Waals surface area (Å²) in [4.78, 5) is 0. The van der Waals surface area contributed by atoms with Gasteiger partial charge in [0.1, 0.15) is 11.6 Å². The molecule has 0 saturated carbocycles. The minimum absolute atomic E-state index is 0.0904. The minimum Gasteiger partial charge on any atom is -0.352 e. The molecule has 0 amide bonds. The van der Waals surface area contributed by atoms with Crippen LogP contribution in [0.4, 0.5) is 22.0 Å². The molecule has 0 N–H and O–H groups in total. The molecule has 1 fully saturated rings. The number of hydrogen-bond acceptors (Lipinski definition) is 2. The van der Waals surface area contributed by atoms with Crippen molar-refractivity contribution < 1.29 is 31.4 Å². The Bertz CT molecular complexity index is 1230. The highest BCUT2D eigenvalue weighted by molar-refractivity contribution is 5.84. The molecule has 3 aromatic rings. The van der Waals surface area contributed by atoms with Gasteiger partial charge in [0.15, 0.2) is 23.7 Å². The van der Waals surface area contributed by atoms with E-state index in [2.05, 4.69) is 18.8 Å². The molecule has 1 saturated heterocycles. The Morgan fingerprint density at radius 2 is 1.53 bits per heavy atom. The summed E-state index contributed by atoms with van der Waals surface area (Å²) in [5, 5.41) is -0.0226. The zero-order chi connectivity index (χ0) is 24.2. The first-order valence-corrected chi connectivity index (χ1v) is 11.2. The summed E-state index contributed by atoms with van der Waals surface area (Å²) >= 11 is 0. The maximum atomic E-state index is 14.6. The molecular weight excluding hydrogens is 451 g/mol. The lowest BCUT2D eigenvalue weighted by Gasteiger charge is -2.29. The highest BCUT2D eigenvalue weighted by Gasteiger charge is 2.22. The van der Waals surface area contributed by atoms with E-state index in [0.29, 0.717) is 37.5 Å². The number of aryl methyl sites for hydroxylation is 1. The highest BCUT2D eigenvalue weighted by Crippen LogP contribution is 2.24. The Hall–Kier alpha value is -2.95. The topological polar surface area (TPSA) is 18.5 Å². The van der Waals surface area contributed by atoms with E-state index in [1.54, 1.807) is 0 Å². The summed E-state index contributed by atoms with van der Waals surface area (Å²) in [6.07, 6.45) is 2.57. The monoisotopic (exact) mass is 474 g/mol. The maximum Gasteiger partial charge on any atom is 0.195 e. The van der Waals surface area contributed by atoms with Gasteiger partial charge < -0.3 is 9.47 Å². The molecule has 0 atom stereocenters. The van der Waals surface area contributed by atoms with E-state index in [4.69, 9.17) is 9.47 Å². The summed E-state index contributed by atoms with van der Waals surface area (Å²) in [6, 6.07) is 7.24. The van der Waals surface area contributed by atoms with Gasteiger partial charge in [-0.05, 0) is 54.1 Å². The van der Waals surface area contributed by atoms with Crippen LogP contribution in [0, 0.1) is 46.8 Å². The fourth-order valence-corrected chi connectivity index (χ4v) is 4.02. The predicted octanol–water partition coefficient (Wildman–Crippen LogP) is 6.66. The molecule has 7 heteroatoms. The van der Waals surface area contributed by atoms with Crippen molar-refractivity contribution in [1.29, 1.82) is 0 Å². The Morgan fingerprint density at radius 3 is 2.21 bits per heavy atom. The fourth-order valence-electron chi connectivity index (χ4n) is 4.02. The predicted molar refractivity (Wildman–Crippen MR) is 119 cm³/mol. The summed E-state index contributed by atoms with van der Waals surface area (Å²) in [5.74, 6) is -0.378. The van der Waals surface area contributed by atoms with Crippen LogP contribution >= 0.6 is 0 Å². The summed E-state index contributed by atoms with van der Waals surface area (Å²) in [5.41, 5.74) is 0.323. The van der Waals surface area contributed by atoms with Crippen LogP contribution in [-0.4, -0.2) is 19.5 Å². The Morgan fingerprint density at radius 1 is 0.824 bits per heavy atom. The molecule has 0 radical (unpaired) electrons. The van der Waals surface area contributed by atoms with Crippen molar-refractivity contribution in [3.8, 4) is 11.8 Å². The van der Waals surface area contributed by atoms with Gasteiger partial charge in [-0.1, -0.05) is 31.3 Å². The van der Waals surface area contributed by atoms with Crippen LogP contribution in [0.3, 0.4) is 0 Å². The molecule has 34 heavy (non-hydrogen) atoms. The number of ether oxygens (including phenoxy) is 2. The molecule has 1 aliphatic heterocycles. The Kier molecular flexibility index (Phi) is 7.50. The molecule has 0 aliphatic carbocycles. The van der Waals surface area contributed by atoms with Gasteiger partial charge in [-0.15, -0.1) is 0 Å². The Balaban J connectivity index is 1.46. The van der Waals surface area contributed by atoms with Gasteiger partial charge in [0.2, 0.25) is 0 Å². The van der Waals surface area contributed by atoms with Gasteiger partial charge in [-0.3, -0.25) is 0 Å². The zero-order valence-corrected chi connectivity index (χ0v) is 18.6. The summed E-state index contributed by atoms with van der Waals surface area (Å²) < 4.78 is 81.3. The normalized spacial score (nSPS) is 18.1. The van der Waals surface area contributed by atoms with Crippen molar-refractivity contribution in [2.45, 2.75) is 38.9 Å². The second-order valence-corrected chi connectivity index (χ2v) is 8.40. The molecule has 4 rings (SSSR count). The van der Waals surface area contributed by atoms with Crippen molar-refractivity contribution in [3.05, 3.63) is 82.2 Å². The van der Waals surface area contributed by atoms with Gasteiger partial charge >= 0.3 is 0 Å². The lowest BCUT2D eigenvalue weighted by Crippen LogP contribution is -2.32. The molecule has 178 valence electrons. The van der Waals surface area contributed by atoms with Crippen LogP contribution in [0.25, 0.3) is 10.8 Å². The van der Waals surface area contributed by atoms with E-state index in [0.717, 1.165) is 18.9 Å². The van der Waals surface area contributed by atoms with Crippen LogP contribution in [0.1, 0.15) is 42.9 Å². The van der Waals surface area contributed by atoms with E-state index in [-0.39, 0.29) is 16.3 Å². The van der Waals surface area contributed by atoms with Crippen molar-refractivity contribution in [2.75, 3.05) is 13.2 Å². The van der Waals surface area contributed by atoms with E-state index in [9.17, 15) is 22.0 Å². The Labute approximate surface area is 194 Å². The van der Waals surface area contributed by atoms with Crippen LogP contribution in [0.5, 0.6) is 0 Å². The minimum atomic E-state index is -1.56. The number of rotatable bonds is 5. The third-order valence-corrected chi connectivity index (χ3v) is 5.81. The van der Waals surface area contributed by atoms with Crippen LogP contribution in [0.2, 0.25) is 0 Å². The molecular formula is C27H23F5O2. The number of hydrogen-bond donors (Lipinski definition) is 0. The SMILES string of the molecule is CCCC1COC(CCc2cc(F)c(C#Cc3ccc4c(F)c(F)c(F)cc4c3)c(F)c2)OC1. The van der Waals surface area contributed by atoms with Crippen LogP contribution < -0.4 is 0 Å². The molecule has 3 aromatic carbocycles. The highest BCUT2D eigenvalue weighted by atomic mass is 19.2. The smallest absolute Gasteiger partial charge is 0.195 e. The molecule has 0 aromatic heterocycles.